The van der Waals surface area contributed by atoms with Crippen LogP contribution in [0.25, 0.3) is 16.7 Å². The summed E-state index contributed by atoms with van der Waals surface area (Å²) in [5, 5.41) is 1.98. The van der Waals surface area contributed by atoms with Crippen molar-refractivity contribution in [3.05, 3.63) is 116 Å². The molecule has 1 amide bonds. The number of hydrogen-bond donors (Lipinski definition) is 0. The Morgan fingerprint density at radius 1 is 1.05 bits per heavy atom. The molecular weight excluding hydrogens is 512 g/mol. The Bertz CT molecular complexity index is 1730. The minimum atomic E-state index is -0.257. The van der Waals surface area contributed by atoms with E-state index in [9.17, 15) is 9.59 Å². The van der Waals surface area contributed by atoms with Gasteiger partial charge in [0.1, 0.15) is 5.56 Å². The summed E-state index contributed by atoms with van der Waals surface area (Å²) in [5.41, 5.74) is 5.28. The molecule has 38 heavy (non-hydrogen) atoms. The van der Waals surface area contributed by atoms with E-state index in [1.807, 2.05) is 49.6 Å². The van der Waals surface area contributed by atoms with Crippen molar-refractivity contribution in [2.75, 3.05) is 7.05 Å². The molecule has 0 bridgehead atoms. The predicted octanol–water partition coefficient (Wildman–Crippen LogP) is 6.37. The van der Waals surface area contributed by atoms with Crippen LogP contribution in [0, 0.1) is 6.92 Å². The van der Waals surface area contributed by atoms with Crippen LogP contribution in [0.1, 0.15) is 50.4 Å². The van der Waals surface area contributed by atoms with E-state index in [0.29, 0.717) is 6.42 Å². The van der Waals surface area contributed by atoms with E-state index in [1.165, 1.54) is 0 Å². The van der Waals surface area contributed by atoms with Crippen LogP contribution in [0.4, 0.5) is 0 Å². The maximum Gasteiger partial charge on any atom is 0.259 e. The standard InChI is InChI=1S/C30H26N4O2S2/c1-18-15-25(35)29(30(36)33(3)19(2)26-9-6-14-37-26)24-17-28(38-27-8-5-4-7-23(27)34(18)24)20-10-11-21-22(16-20)32-13-12-31-21/h4-16,19,28H,17H2,1-3H3. The van der Waals surface area contributed by atoms with Crippen molar-refractivity contribution in [1.82, 2.24) is 19.4 Å². The molecule has 2 aromatic carbocycles. The lowest BCUT2D eigenvalue weighted by Gasteiger charge is -2.27. The Labute approximate surface area is 229 Å². The van der Waals surface area contributed by atoms with Gasteiger partial charge in [-0.3, -0.25) is 19.6 Å². The number of rotatable bonds is 4. The largest absolute Gasteiger partial charge is 0.334 e. The highest BCUT2D eigenvalue weighted by atomic mass is 32.2. The third kappa shape index (κ3) is 4.23. The number of para-hydroxylation sites is 1. The number of fused-ring (bicyclic) bond motifs is 4. The minimum absolute atomic E-state index is 0.0240. The molecule has 0 radical (unpaired) electrons. The number of carbonyl (C=O) groups is 1. The summed E-state index contributed by atoms with van der Waals surface area (Å²) in [7, 11) is 1.78. The summed E-state index contributed by atoms with van der Waals surface area (Å²) in [5.74, 6) is -0.257. The highest BCUT2D eigenvalue weighted by Crippen LogP contribution is 2.44. The lowest BCUT2D eigenvalue weighted by molar-refractivity contribution is 0.0741. The minimum Gasteiger partial charge on any atom is -0.334 e. The first kappa shape index (κ1) is 24.6. The van der Waals surface area contributed by atoms with Crippen LogP contribution < -0.4 is 5.43 Å². The normalized spacial score (nSPS) is 15.4. The molecule has 0 spiro atoms. The lowest BCUT2D eigenvalue weighted by Crippen LogP contribution is -2.35. The maximum atomic E-state index is 14.0. The van der Waals surface area contributed by atoms with Gasteiger partial charge in [-0.2, -0.15) is 0 Å². The van der Waals surface area contributed by atoms with Crippen molar-refractivity contribution in [2.45, 2.75) is 36.5 Å². The molecule has 0 fully saturated rings. The van der Waals surface area contributed by atoms with Gasteiger partial charge in [-0.25, -0.2) is 0 Å². The number of thioether (sulfide) groups is 1. The van der Waals surface area contributed by atoms with Gasteiger partial charge in [0.15, 0.2) is 5.43 Å². The third-order valence-electron chi connectivity index (χ3n) is 7.19. The molecule has 3 aromatic heterocycles. The summed E-state index contributed by atoms with van der Waals surface area (Å²) in [6.45, 7) is 3.93. The zero-order valence-electron chi connectivity index (χ0n) is 21.3. The fourth-order valence-electron chi connectivity index (χ4n) is 5.10. The average Bonchev–Trinajstić information content (AvgIpc) is 3.41. The maximum absolute atomic E-state index is 14.0. The smallest absolute Gasteiger partial charge is 0.259 e. The summed E-state index contributed by atoms with van der Waals surface area (Å²) >= 11 is 3.36. The Balaban J connectivity index is 1.52. The number of nitrogens with zero attached hydrogens (tertiary/aromatic N) is 4. The molecule has 0 saturated heterocycles. The zero-order valence-corrected chi connectivity index (χ0v) is 22.9. The molecule has 5 aromatic rings. The van der Waals surface area contributed by atoms with Gasteiger partial charge in [0, 0.05) is 58.3 Å². The van der Waals surface area contributed by atoms with Crippen LogP contribution in [0.5, 0.6) is 0 Å². The van der Waals surface area contributed by atoms with Crippen LogP contribution in [0.3, 0.4) is 0 Å². The summed E-state index contributed by atoms with van der Waals surface area (Å²) in [6.07, 6.45) is 3.90. The van der Waals surface area contributed by atoms with E-state index in [0.717, 1.165) is 43.4 Å². The quantitative estimate of drug-likeness (QED) is 0.266. The summed E-state index contributed by atoms with van der Waals surface area (Å²) in [6, 6.07) is 19.8. The SMILES string of the molecule is Cc1cc(=O)c(C(=O)N(C)C(C)c2cccs2)c2n1-c1ccccc1SC(c1ccc3nccnc3c1)C2. The Kier molecular flexibility index (Phi) is 6.37. The molecule has 6 rings (SSSR count). The van der Waals surface area contributed by atoms with Crippen molar-refractivity contribution in [3.63, 3.8) is 0 Å². The topological polar surface area (TPSA) is 68.1 Å². The van der Waals surface area contributed by atoms with Gasteiger partial charge in [-0.1, -0.05) is 24.3 Å². The van der Waals surface area contributed by atoms with Gasteiger partial charge in [-0.05, 0) is 55.1 Å². The summed E-state index contributed by atoms with van der Waals surface area (Å²) in [4.78, 5) is 40.3. The number of pyridine rings is 1. The molecule has 6 nitrogen and oxygen atoms in total. The van der Waals surface area contributed by atoms with Crippen LogP contribution in [0.2, 0.25) is 0 Å². The monoisotopic (exact) mass is 538 g/mol. The highest BCUT2D eigenvalue weighted by molar-refractivity contribution is 7.99. The molecule has 4 heterocycles. The lowest BCUT2D eigenvalue weighted by atomic mass is 10.0. The number of thiophene rings is 1. The van der Waals surface area contributed by atoms with Crippen LogP contribution >= 0.6 is 23.1 Å². The number of carbonyl (C=O) groups excluding carboxylic acids is 1. The first-order valence-electron chi connectivity index (χ1n) is 12.4. The second-order valence-electron chi connectivity index (χ2n) is 9.50. The van der Waals surface area contributed by atoms with Crippen molar-refractivity contribution < 1.29 is 4.79 Å². The zero-order chi connectivity index (χ0) is 26.4. The van der Waals surface area contributed by atoms with E-state index >= 15 is 0 Å². The van der Waals surface area contributed by atoms with E-state index in [4.69, 9.17) is 0 Å². The van der Waals surface area contributed by atoms with E-state index < -0.39 is 0 Å². The number of hydrogen-bond acceptors (Lipinski definition) is 6. The van der Waals surface area contributed by atoms with Gasteiger partial charge >= 0.3 is 0 Å². The molecule has 0 N–H and O–H groups in total. The second kappa shape index (κ2) is 9.85. The Morgan fingerprint density at radius 3 is 2.63 bits per heavy atom. The molecule has 8 heteroatoms. The third-order valence-corrected chi connectivity index (χ3v) is 9.55. The first-order chi connectivity index (χ1) is 18.4. The highest BCUT2D eigenvalue weighted by Gasteiger charge is 2.31. The van der Waals surface area contributed by atoms with Crippen LogP contribution in [0.15, 0.2) is 88.1 Å². The van der Waals surface area contributed by atoms with Crippen molar-refractivity contribution >= 4 is 40.0 Å². The molecule has 1 aliphatic heterocycles. The molecule has 0 aliphatic carbocycles. The van der Waals surface area contributed by atoms with Crippen molar-refractivity contribution in [2.24, 2.45) is 0 Å². The average molecular weight is 539 g/mol. The van der Waals surface area contributed by atoms with Gasteiger partial charge in [0.25, 0.3) is 5.91 Å². The van der Waals surface area contributed by atoms with Gasteiger partial charge in [0.2, 0.25) is 0 Å². The van der Waals surface area contributed by atoms with Crippen LogP contribution in [-0.2, 0) is 6.42 Å². The van der Waals surface area contributed by atoms with E-state index in [2.05, 4.69) is 38.8 Å². The van der Waals surface area contributed by atoms with E-state index in [1.54, 1.807) is 53.5 Å². The summed E-state index contributed by atoms with van der Waals surface area (Å²) < 4.78 is 2.10. The van der Waals surface area contributed by atoms with Gasteiger partial charge in [-0.15, -0.1) is 23.1 Å². The molecule has 0 saturated carbocycles. The predicted molar refractivity (Wildman–Crippen MR) is 153 cm³/mol. The van der Waals surface area contributed by atoms with Crippen LogP contribution in [-0.4, -0.2) is 32.4 Å². The fraction of sp³-hybridized carbons (Fsp3) is 0.200. The molecule has 190 valence electrons. The number of aromatic nitrogens is 3. The Morgan fingerprint density at radius 2 is 1.84 bits per heavy atom. The second-order valence-corrected chi connectivity index (χ2v) is 11.7. The van der Waals surface area contributed by atoms with Gasteiger partial charge < -0.3 is 9.47 Å². The van der Waals surface area contributed by atoms with Gasteiger partial charge in [0.05, 0.1) is 22.8 Å². The number of aryl methyl sites for hydroxylation is 1. The Hall–Kier alpha value is -3.75. The number of benzene rings is 2. The number of amides is 1. The molecule has 2 atom stereocenters. The van der Waals surface area contributed by atoms with E-state index in [-0.39, 0.29) is 28.2 Å². The van der Waals surface area contributed by atoms with Crippen molar-refractivity contribution in [3.8, 4) is 5.69 Å². The van der Waals surface area contributed by atoms with Crippen molar-refractivity contribution in [1.29, 1.82) is 0 Å². The molecule has 2 unspecified atom stereocenters. The molecular formula is C30H26N4O2S2. The molecule has 1 aliphatic rings. The first-order valence-corrected chi connectivity index (χ1v) is 14.2. The fourth-order valence-corrected chi connectivity index (χ4v) is 7.20.